The molecule has 0 unspecified atom stereocenters. The number of anilines is 1. The van der Waals surface area contributed by atoms with Crippen molar-refractivity contribution >= 4 is 25.9 Å². The van der Waals surface area contributed by atoms with Gasteiger partial charge in [-0.25, -0.2) is 4.68 Å². The van der Waals surface area contributed by atoms with E-state index in [9.17, 15) is 26.2 Å². The van der Waals surface area contributed by atoms with Gasteiger partial charge in [-0.2, -0.15) is 16.8 Å². The zero-order chi connectivity index (χ0) is 16.7. The highest BCUT2D eigenvalue weighted by Crippen LogP contribution is 2.21. The van der Waals surface area contributed by atoms with Crippen LogP contribution in [-0.2, 0) is 26.0 Å². The molecule has 0 aliphatic carbocycles. The Labute approximate surface area is 124 Å². The fraction of sp³-hybridized carbons (Fsp3) is 0.100. The van der Waals surface area contributed by atoms with Crippen LogP contribution in [0.3, 0.4) is 0 Å². The highest BCUT2D eigenvalue weighted by molar-refractivity contribution is 7.86. The van der Waals surface area contributed by atoms with Gasteiger partial charge in [0.25, 0.3) is 25.8 Å². The third-order valence-corrected chi connectivity index (χ3v) is 4.17. The molecular formula is C10H11N3O7S2. The maximum atomic E-state index is 11.8. The molecule has 12 heteroatoms. The molecule has 0 bridgehead atoms. The number of nitrogens with zero attached hydrogens (tertiary/aromatic N) is 1. The summed E-state index contributed by atoms with van der Waals surface area (Å²) >= 11 is 0. The summed E-state index contributed by atoms with van der Waals surface area (Å²) in [6, 6.07) is 4.27. The smallest absolute Gasteiger partial charge is 0.296 e. The van der Waals surface area contributed by atoms with Crippen molar-refractivity contribution in [3.8, 4) is 5.69 Å². The molecule has 0 amide bonds. The van der Waals surface area contributed by atoms with Crippen molar-refractivity contribution in [2.45, 2.75) is 10.6 Å². The first-order chi connectivity index (χ1) is 9.97. The Kier molecular flexibility index (Phi) is 3.87. The van der Waals surface area contributed by atoms with Gasteiger partial charge in [-0.15, -0.1) is 0 Å². The Bertz CT molecular complexity index is 986. The van der Waals surface area contributed by atoms with Gasteiger partial charge in [-0.1, -0.05) is 0 Å². The van der Waals surface area contributed by atoms with E-state index < -0.39 is 36.4 Å². The predicted octanol–water partition coefficient (Wildman–Crippen LogP) is -0.618. The third kappa shape index (κ3) is 3.54. The van der Waals surface area contributed by atoms with Gasteiger partial charge in [0, 0.05) is 11.8 Å². The van der Waals surface area contributed by atoms with E-state index >= 15 is 0 Å². The topological polar surface area (TPSA) is 173 Å². The van der Waals surface area contributed by atoms with E-state index in [-0.39, 0.29) is 17.1 Å². The average Bonchev–Trinajstić information content (AvgIpc) is 2.66. The number of nitrogen functional groups attached to an aromatic ring is 1. The molecule has 0 aliphatic heterocycles. The van der Waals surface area contributed by atoms with Gasteiger partial charge in [0.05, 0.1) is 11.4 Å². The molecule has 0 aliphatic rings. The maximum absolute atomic E-state index is 11.8. The van der Waals surface area contributed by atoms with E-state index in [2.05, 4.69) is 5.10 Å². The van der Waals surface area contributed by atoms with Crippen LogP contribution in [0.25, 0.3) is 5.69 Å². The number of nitrogens with one attached hydrogen (secondary N) is 1. The van der Waals surface area contributed by atoms with E-state index in [0.717, 1.165) is 18.2 Å². The van der Waals surface area contributed by atoms with Gasteiger partial charge in [-0.3, -0.25) is 19.0 Å². The van der Waals surface area contributed by atoms with Crippen molar-refractivity contribution in [3.05, 3.63) is 40.3 Å². The second-order valence-corrected chi connectivity index (χ2v) is 7.23. The molecule has 2 rings (SSSR count). The number of rotatable bonds is 4. The van der Waals surface area contributed by atoms with Crippen molar-refractivity contribution < 1.29 is 25.9 Å². The number of hydrogen-bond acceptors (Lipinski definition) is 6. The van der Waals surface area contributed by atoms with Crippen LogP contribution in [0, 0.1) is 0 Å². The quantitative estimate of drug-likeness (QED) is 0.417. The Hall–Kier alpha value is -2.15. The van der Waals surface area contributed by atoms with Crippen LogP contribution >= 0.6 is 0 Å². The van der Waals surface area contributed by atoms with Crippen LogP contribution in [0.4, 0.5) is 5.69 Å². The van der Waals surface area contributed by atoms with Gasteiger partial charge in [-0.05, 0) is 18.2 Å². The molecule has 0 saturated heterocycles. The van der Waals surface area contributed by atoms with Crippen LogP contribution in [0.2, 0.25) is 0 Å². The van der Waals surface area contributed by atoms with Crippen molar-refractivity contribution in [2.75, 3.05) is 5.73 Å². The minimum atomic E-state index is -4.67. The lowest BCUT2D eigenvalue weighted by Gasteiger charge is -2.08. The number of aromatic amines is 1. The molecule has 2 aromatic rings. The van der Waals surface area contributed by atoms with Crippen molar-refractivity contribution in [2.24, 2.45) is 0 Å². The summed E-state index contributed by atoms with van der Waals surface area (Å²) in [4.78, 5) is 11.2. The van der Waals surface area contributed by atoms with E-state index in [1.54, 1.807) is 0 Å². The molecular weight excluding hydrogens is 338 g/mol. The van der Waals surface area contributed by atoms with Crippen LogP contribution < -0.4 is 11.3 Å². The lowest BCUT2D eigenvalue weighted by molar-refractivity contribution is 0.478. The number of benzene rings is 1. The maximum Gasteiger partial charge on any atom is 0.296 e. The van der Waals surface area contributed by atoms with E-state index in [1.807, 2.05) is 0 Å². The highest BCUT2D eigenvalue weighted by Gasteiger charge is 2.20. The highest BCUT2D eigenvalue weighted by atomic mass is 32.2. The van der Waals surface area contributed by atoms with Crippen LogP contribution in [0.1, 0.15) is 5.69 Å². The molecule has 1 heterocycles. The molecule has 10 nitrogen and oxygen atoms in total. The second-order valence-electron chi connectivity index (χ2n) is 4.38. The molecule has 5 N–H and O–H groups in total. The molecule has 1 aromatic carbocycles. The number of hydrogen-bond donors (Lipinski definition) is 4. The first-order valence-electron chi connectivity index (χ1n) is 5.61. The van der Waals surface area contributed by atoms with Crippen LogP contribution in [0.5, 0.6) is 0 Å². The fourth-order valence-electron chi connectivity index (χ4n) is 1.82. The standard InChI is InChI=1S/C10H11N3O7S2/c11-6-1-2-8(9(3-6)22(18,19)20)13-10(14)4-7(12-13)5-21(15,16)17/h1-4,12H,5,11H2,(H,15,16,17)(H,18,19,20). The van der Waals surface area contributed by atoms with Gasteiger partial charge in [0.1, 0.15) is 10.6 Å². The number of aromatic nitrogens is 2. The fourth-order valence-corrected chi connectivity index (χ4v) is 3.07. The Morgan fingerprint density at radius 1 is 1.14 bits per heavy atom. The van der Waals surface area contributed by atoms with Crippen LogP contribution in [0.15, 0.2) is 34.0 Å². The third-order valence-electron chi connectivity index (χ3n) is 2.61. The van der Waals surface area contributed by atoms with E-state index in [1.165, 1.54) is 6.07 Å². The summed E-state index contributed by atoms with van der Waals surface area (Å²) in [5.41, 5.74) is 4.29. The summed E-state index contributed by atoms with van der Waals surface area (Å²) in [7, 11) is -9.05. The second kappa shape index (κ2) is 5.24. The van der Waals surface area contributed by atoms with Gasteiger partial charge in [0.15, 0.2) is 0 Å². The van der Waals surface area contributed by atoms with Gasteiger partial charge in [0.2, 0.25) is 0 Å². The number of H-pyrrole nitrogens is 1. The molecule has 1 aromatic heterocycles. The van der Waals surface area contributed by atoms with Crippen LogP contribution in [-0.4, -0.2) is 35.7 Å². The minimum Gasteiger partial charge on any atom is -0.399 e. The van der Waals surface area contributed by atoms with Crippen molar-refractivity contribution in [1.82, 2.24) is 9.78 Å². The summed E-state index contributed by atoms with van der Waals surface area (Å²) in [6.07, 6.45) is 0. The Morgan fingerprint density at radius 2 is 1.77 bits per heavy atom. The molecule has 120 valence electrons. The summed E-state index contributed by atoms with van der Waals surface area (Å²) < 4.78 is 63.0. The SMILES string of the molecule is Nc1ccc(-n2[nH]c(CS(=O)(=O)O)cc2=O)c(S(=O)(=O)O)c1. The largest absolute Gasteiger partial charge is 0.399 e. The van der Waals surface area contributed by atoms with Gasteiger partial charge >= 0.3 is 0 Å². The van der Waals surface area contributed by atoms with E-state index in [0.29, 0.717) is 4.68 Å². The zero-order valence-corrected chi connectivity index (χ0v) is 12.4. The minimum absolute atomic E-state index is 0.0362. The first kappa shape index (κ1) is 16.2. The Balaban J connectivity index is 2.66. The normalized spacial score (nSPS) is 12.5. The molecule has 22 heavy (non-hydrogen) atoms. The summed E-state index contributed by atoms with van der Waals surface area (Å²) in [5, 5.41) is 2.33. The average molecular weight is 349 g/mol. The molecule has 0 radical (unpaired) electrons. The molecule has 0 fully saturated rings. The van der Waals surface area contributed by atoms with Crippen molar-refractivity contribution in [1.29, 1.82) is 0 Å². The molecule has 0 saturated carbocycles. The lowest BCUT2D eigenvalue weighted by atomic mass is 10.3. The van der Waals surface area contributed by atoms with Gasteiger partial charge < -0.3 is 5.73 Å². The predicted molar refractivity (Wildman–Crippen MR) is 75.9 cm³/mol. The number of nitrogens with two attached hydrogens (primary N) is 1. The summed E-state index contributed by atoms with van der Waals surface area (Å²) in [5.74, 6) is -0.856. The molecule has 0 atom stereocenters. The Morgan fingerprint density at radius 3 is 2.32 bits per heavy atom. The lowest BCUT2D eigenvalue weighted by Crippen LogP contribution is -2.17. The first-order valence-corrected chi connectivity index (χ1v) is 8.66. The molecule has 0 spiro atoms. The van der Waals surface area contributed by atoms with Crippen molar-refractivity contribution in [3.63, 3.8) is 0 Å². The monoisotopic (exact) mass is 349 g/mol. The summed E-state index contributed by atoms with van der Waals surface area (Å²) in [6.45, 7) is 0. The zero-order valence-electron chi connectivity index (χ0n) is 10.8. The van der Waals surface area contributed by atoms with E-state index in [4.69, 9.17) is 10.3 Å².